The number of fused-ring (bicyclic) bond motifs is 1. The van der Waals surface area contributed by atoms with E-state index in [1.165, 1.54) is 6.39 Å². The van der Waals surface area contributed by atoms with Crippen molar-refractivity contribution in [1.82, 2.24) is 20.1 Å². The minimum Gasteiger partial charge on any atom is -0.369 e. The van der Waals surface area contributed by atoms with Gasteiger partial charge in [-0.15, -0.1) is 0 Å². The van der Waals surface area contributed by atoms with E-state index in [1.54, 1.807) is 7.05 Å². The molecule has 2 N–H and O–H groups in total. The van der Waals surface area contributed by atoms with Crippen LogP contribution in [0.15, 0.2) is 35.2 Å². The Balaban J connectivity index is 1.82. The van der Waals surface area contributed by atoms with Crippen molar-refractivity contribution >= 4 is 22.7 Å². The average molecular weight is 270 g/mol. The number of rotatable bonds is 5. The molecular weight excluding hydrogens is 256 g/mol. The first kappa shape index (κ1) is 12.3. The zero-order chi connectivity index (χ0) is 13.8. The first-order valence-corrected chi connectivity index (χ1v) is 6.30. The molecule has 0 saturated heterocycles. The first-order chi connectivity index (χ1) is 9.86. The largest absolute Gasteiger partial charge is 0.369 e. The molecule has 2 heterocycles. The molecule has 3 rings (SSSR count). The SMILES string of the molecule is CNc1nc(NCCc2ncon2)c2ccccc2n1. The van der Waals surface area contributed by atoms with Crippen LogP contribution in [0.3, 0.4) is 0 Å². The van der Waals surface area contributed by atoms with Crippen molar-refractivity contribution in [3.63, 3.8) is 0 Å². The van der Waals surface area contributed by atoms with Crippen molar-refractivity contribution < 1.29 is 4.52 Å². The fraction of sp³-hybridized carbons (Fsp3) is 0.231. The van der Waals surface area contributed by atoms with Gasteiger partial charge in [-0.2, -0.15) is 9.97 Å². The van der Waals surface area contributed by atoms with E-state index >= 15 is 0 Å². The van der Waals surface area contributed by atoms with Gasteiger partial charge in [-0.3, -0.25) is 0 Å². The summed E-state index contributed by atoms with van der Waals surface area (Å²) >= 11 is 0. The van der Waals surface area contributed by atoms with Crippen LogP contribution in [-0.4, -0.2) is 33.7 Å². The number of hydrogen-bond acceptors (Lipinski definition) is 7. The highest BCUT2D eigenvalue weighted by Gasteiger charge is 2.06. The molecule has 20 heavy (non-hydrogen) atoms. The van der Waals surface area contributed by atoms with Gasteiger partial charge in [-0.25, -0.2) is 4.98 Å². The van der Waals surface area contributed by atoms with E-state index < -0.39 is 0 Å². The zero-order valence-electron chi connectivity index (χ0n) is 11.0. The molecule has 102 valence electrons. The van der Waals surface area contributed by atoms with Crippen molar-refractivity contribution in [2.24, 2.45) is 0 Å². The average Bonchev–Trinajstić information content (AvgIpc) is 3.00. The van der Waals surface area contributed by atoms with Gasteiger partial charge in [0.1, 0.15) is 5.82 Å². The Kier molecular flexibility index (Phi) is 3.40. The second-order valence-electron chi connectivity index (χ2n) is 4.19. The van der Waals surface area contributed by atoms with Gasteiger partial charge in [0.05, 0.1) is 5.52 Å². The topological polar surface area (TPSA) is 88.8 Å². The summed E-state index contributed by atoms with van der Waals surface area (Å²) in [6.45, 7) is 0.670. The second-order valence-corrected chi connectivity index (χ2v) is 4.19. The van der Waals surface area contributed by atoms with Gasteiger partial charge >= 0.3 is 0 Å². The molecule has 0 bridgehead atoms. The van der Waals surface area contributed by atoms with Crippen LogP contribution in [0.1, 0.15) is 5.82 Å². The molecule has 0 unspecified atom stereocenters. The lowest BCUT2D eigenvalue weighted by molar-refractivity contribution is 0.410. The lowest BCUT2D eigenvalue weighted by Gasteiger charge is -2.09. The monoisotopic (exact) mass is 270 g/mol. The van der Waals surface area contributed by atoms with E-state index in [9.17, 15) is 0 Å². The highest BCUT2D eigenvalue weighted by atomic mass is 16.5. The van der Waals surface area contributed by atoms with Crippen LogP contribution in [0.4, 0.5) is 11.8 Å². The Morgan fingerprint density at radius 1 is 1.20 bits per heavy atom. The highest BCUT2D eigenvalue weighted by Crippen LogP contribution is 2.21. The fourth-order valence-corrected chi connectivity index (χ4v) is 1.92. The quantitative estimate of drug-likeness (QED) is 0.729. The van der Waals surface area contributed by atoms with Gasteiger partial charge < -0.3 is 15.2 Å². The van der Waals surface area contributed by atoms with E-state index in [0.717, 1.165) is 16.7 Å². The smallest absolute Gasteiger partial charge is 0.224 e. The lowest BCUT2D eigenvalue weighted by atomic mass is 10.2. The molecule has 7 heteroatoms. The third-order valence-corrected chi connectivity index (χ3v) is 2.87. The number of hydrogen-bond donors (Lipinski definition) is 2. The van der Waals surface area contributed by atoms with E-state index in [-0.39, 0.29) is 0 Å². The Morgan fingerprint density at radius 3 is 2.90 bits per heavy atom. The zero-order valence-corrected chi connectivity index (χ0v) is 11.0. The van der Waals surface area contributed by atoms with Gasteiger partial charge in [0.2, 0.25) is 12.3 Å². The van der Waals surface area contributed by atoms with Crippen LogP contribution in [0.5, 0.6) is 0 Å². The minimum atomic E-state index is 0.589. The van der Waals surface area contributed by atoms with Crippen LogP contribution in [0, 0.1) is 0 Å². The van der Waals surface area contributed by atoms with Gasteiger partial charge in [0.15, 0.2) is 5.82 Å². The Bertz CT molecular complexity index is 697. The van der Waals surface area contributed by atoms with Crippen molar-refractivity contribution in [2.45, 2.75) is 6.42 Å². The maximum atomic E-state index is 4.70. The molecule has 0 fully saturated rings. The predicted molar refractivity (Wildman–Crippen MR) is 75.6 cm³/mol. The fourth-order valence-electron chi connectivity index (χ4n) is 1.92. The van der Waals surface area contributed by atoms with E-state index in [4.69, 9.17) is 4.52 Å². The summed E-state index contributed by atoms with van der Waals surface area (Å²) in [4.78, 5) is 12.8. The molecule has 0 atom stereocenters. The highest BCUT2D eigenvalue weighted by molar-refractivity contribution is 5.89. The van der Waals surface area contributed by atoms with Gasteiger partial charge in [0.25, 0.3) is 0 Å². The van der Waals surface area contributed by atoms with E-state index in [0.29, 0.717) is 24.7 Å². The standard InChI is InChI=1S/C13H14N6O/c1-14-13-17-10-5-3-2-4-9(10)12(18-13)15-7-6-11-16-8-20-19-11/h2-5,8H,6-7H2,1H3,(H2,14,15,17,18). The normalized spacial score (nSPS) is 10.7. The molecule has 0 saturated carbocycles. The molecule has 7 nitrogen and oxygen atoms in total. The number of nitrogens with zero attached hydrogens (tertiary/aromatic N) is 4. The van der Waals surface area contributed by atoms with Crippen molar-refractivity contribution in [1.29, 1.82) is 0 Å². The maximum absolute atomic E-state index is 4.70. The Hall–Kier alpha value is -2.70. The summed E-state index contributed by atoms with van der Waals surface area (Å²) in [6.07, 6.45) is 2.00. The maximum Gasteiger partial charge on any atom is 0.224 e. The molecule has 2 aromatic heterocycles. The molecule has 0 radical (unpaired) electrons. The molecule has 1 aromatic carbocycles. The summed E-state index contributed by atoms with van der Waals surface area (Å²) < 4.78 is 4.70. The van der Waals surface area contributed by atoms with Gasteiger partial charge in [-0.05, 0) is 12.1 Å². The minimum absolute atomic E-state index is 0.589. The third kappa shape index (κ3) is 2.51. The van der Waals surface area contributed by atoms with E-state index in [1.807, 2.05) is 24.3 Å². The van der Waals surface area contributed by atoms with Crippen LogP contribution in [0.2, 0.25) is 0 Å². The van der Waals surface area contributed by atoms with Crippen LogP contribution in [-0.2, 0) is 6.42 Å². The lowest BCUT2D eigenvalue weighted by Crippen LogP contribution is -2.09. The van der Waals surface area contributed by atoms with Crippen LogP contribution in [0.25, 0.3) is 10.9 Å². The molecule has 3 aromatic rings. The number of benzene rings is 1. The van der Waals surface area contributed by atoms with Crippen LogP contribution >= 0.6 is 0 Å². The van der Waals surface area contributed by atoms with Gasteiger partial charge in [0, 0.05) is 25.4 Å². The molecule has 0 spiro atoms. The summed E-state index contributed by atoms with van der Waals surface area (Å²) in [6, 6.07) is 7.88. The molecule has 0 amide bonds. The number of nitrogens with one attached hydrogen (secondary N) is 2. The van der Waals surface area contributed by atoms with Crippen molar-refractivity contribution in [2.75, 3.05) is 24.2 Å². The predicted octanol–water partition coefficient (Wildman–Crippen LogP) is 1.71. The second kappa shape index (κ2) is 5.52. The van der Waals surface area contributed by atoms with Crippen LogP contribution < -0.4 is 10.6 Å². The van der Waals surface area contributed by atoms with Gasteiger partial charge in [-0.1, -0.05) is 17.3 Å². The number of para-hydroxylation sites is 1. The Labute approximate surface area is 115 Å². The summed E-state index contributed by atoms with van der Waals surface area (Å²) in [5.41, 5.74) is 0.897. The number of aromatic nitrogens is 4. The molecular formula is C13H14N6O. The van der Waals surface area contributed by atoms with E-state index in [2.05, 4.69) is 30.7 Å². The summed E-state index contributed by atoms with van der Waals surface area (Å²) in [5.74, 6) is 2.05. The third-order valence-electron chi connectivity index (χ3n) is 2.87. The summed E-state index contributed by atoms with van der Waals surface area (Å²) in [5, 5.41) is 11.0. The summed E-state index contributed by atoms with van der Waals surface area (Å²) in [7, 11) is 1.80. The van der Waals surface area contributed by atoms with Crippen molar-refractivity contribution in [3.05, 3.63) is 36.5 Å². The Morgan fingerprint density at radius 2 is 2.10 bits per heavy atom. The van der Waals surface area contributed by atoms with Crippen molar-refractivity contribution in [3.8, 4) is 0 Å². The first-order valence-electron chi connectivity index (χ1n) is 6.30. The molecule has 0 aliphatic rings. The molecule has 0 aliphatic heterocycles. The number of anilines is 2. The molecule has 0 aliphatic carbocycles.